The average molecular weight is 150 g/mol. The molecular weight excluding hydrogens is 136 g/mol. The first-order chi connectivity index (χ1) is 5.24. The smallest absolute Gasteiger partial charge is 0.128 e. The number of aryl methyl sites for hydroxylation is 1. The summed E-state index contributed by atoms with van der Waals surface area (Å²) >= 11 is 0. The third-order valence-electron chi connectivity index (χ3n) is 1.77. The molecule has 0 aliphatic rings. The number of hydrogen-bond donors (Lipinski definition) is 0. The summed E-state index contributed by atoms with van der Waals surface area (Å²) in [5, 5.41) is 0. The molecule has 0 saturated heterocycles. The van der Waals surface area contributed by atoms with Gasteiger partial charge in [-0.05, 0) is 31.5 Å². The van der Waals surface area contributed by atoms with Gasteiger partial charge in [0.15, 0.2) is 0 Å². The van der Waals surface area contributed by atoms with Gasteiger partial charge in [0.1, 0.15) is 5.82 Å². The SMILES string of the molecule is CCN(C)c1cc(C)ccn1. The Morgan fingerprint density at radius 2 is 2.27 bits per heavy atom. The van der Waals surface area contributed by atoms with Gasteiger partial charge in [-0.2, -0.15) is 0 Å². The van der Waals surface area contributed by atoms with Gasteiger partial charge in [0.05, 0.1) is 0 Å². The minimum Gasteiger partial charge on any atom is -0.360 e. The maximum absolute atomic E-state index is 4.24. The Labute approximate surface area is 67.9 Å². The molecule has 0 unspecified atom stereocenters. The maximum atomic E-state index is 4.24. The van der Waals surface area contributed by atoms with Gasteiger partial charge in [0.25, 0.3) is 0 Å². The van der Waals surface area contributed by atoms with Crippen molar-refractivity contribution < 1.29 is 0 Å². The molecule has 1 aromatic heterocycles. The fourth-order valence-electron chi connectivity index (χ4n) is 0.891. The third kappa shape index (κ3) is 1.93. The van der Waals surface area contributed by atoms with Gasteiger partial charge < -0.3 is 4.90 Å². The summed E-state index contributed by atoms with van der Waals surface area (Å²) in [5.41, 5.74) is 1.26. The topological polar surface area (TPSA) is 16.1 Å². The van der Waals surface area contributed by atoms with Crippen LogP contribution in [-0.4, -0.2) is 18.6 Å². The first-order valence-electron chi connectivity index (χ1n) is 3.88. The van der Waals surface area contributed by atoms with Crippen molar-refractivity contribution in [2.45, 2.75) is 13.8 Å². The lowest BCUT2D eigenvalue weighted by Crippen LogP contribution is -2.16. The summed E-state index contributed by atoms with van der Waals surface area (Å²) in [6.45, 7) is 5.19. The van der Waals surface area contributed by atoms with Crippen LogP contribution in [0.2, 0.25) is 0 Å². The van der Waals surface area contributed by atoms with Crippen LogP contribution in [0.3, 0.4) is 0 Å². The highest BCUT2D eigenvalue weighted by molar-refractivity contribution is 5.39. The zero-order valence-electron chi connectivity index (χ0n) is 7.33. The summed E-state index contributed by atoms with van der Waals surface area (Å²) < 4.78 is 0. The molecule has 11 heavy (non-hydrogen) atoms. The minimum absolute atomic E-state index is 0.996. The predicted octanol–water partition coefficient (Wildman–Crippen LogP) is 1.85. The number of nitrogens with zero attached hydrogens (tertiary/aromatic N) is 2. The van der Waals surface area contributed by atoms with E-state index in [4.69, 9.17) is 0 Å². The van der Waals surface area contributed by atoms with E-state index in [1.54, 1.807) is 0 Å². The molecule has 0 radical (unpaired) electrons. The largest absolute Gasteiger partial charge is 0.360 e. The summed E-state index contributed by atoms with van der Waals surface area (Å²) in [7, 11) is 2.04. The average Bonchev–Trinajstić information content (AvgIpc) is 2.03. The lowest BCUT2D eigenvalue weighted by Gasteiger charge is -2.15. The molecule has 0 bridgehead atoms. The number of hydrogen-bond acceptors (Lipinski definition) is 2. The van der Waals surface area contributed by atoms with E-state index < -0.39 is 0 Å². The lowest BCUT2D eigenvalue weighted by molar-refractivity contribution is 0.936. The lowest BCUT2D eigenvalue weighted by atomic mass is 10.3. The van der Waals surface area contributed by atoms with Gasteiger partial charge in [0, 0.05) is 19.8 Å². The molecule has 0 aromatic carbocycles. The van der Waals surface area contributed by atoms with Crippen LogP contribution in [0.15, 0.2) is 18.3 Å². The molecule has 0 atom stereocenters. The van der Waals surface area contributed by atoms with Gasteiger partial charge in [-0.1, -0.05) is 0 Å². The Bertz CT molecular complexity index is 233. The van der Waals surface area contributed by atoms with E-state index in [9.17, 15) is 0 Å². The molecule has 1 rings (SSSR count). The van der Waals surface area contributed by atoms with E-state index >= 15 is 0 Å². The fourth-order valence-corrected chi connectivity index (χ4v) is 0.891. The molecule has 0 spiro atoms. The minimum atomic E-state index is 0.996. The Balaban J connectivity index is 2.86. The van der Waals surface area contributed by atoms with E-state index in [2.05, 4.69) is 29.8 Å². The monoisotopic (exact) mass is 150 g/mol. The van der Waals surface area contributed by atoms with Crippen molar-refractivity contribution in [3.63, 3.8) is 0 Å². The van der Waals surface area contributed by atoms with Gasteiger partial charge in [-0.25, -0.2) is 4.98 Å². The van der Waals surface area contributed by atoms with Crippen molar-refractivity contribution in [2.75, 3.05) is 18.5 Å². The molecule has 60 valence electrons. The van der Waals surface area contributed by atoms with Crippen molar-refractivity contribution >= 4 is 5.82 Å². The van der Waals surface area contributed by atoms with Gasteiger partial charge >= 0.3 is 0 Å². The van der Waals surface area contributed by atoms with E-state index in [0.29, 0.717) is 0 Å². The van der Waals surface area contributed by atoms with Crippen LogP contribution in [0.25, 0.3) is 0 Å². The van der Waals surface area contributed by atoms with Crippen molar-refractivity contribution in [3.8, 4) is 0 Å². The van der Waals surface area contributed by atoms with Crippen molar-refractivity contribution in [3.05, 3.63) is 23.9 Å². The Morgan fingerprint density at radius 1 is 1.55 bits per heavy atom. The first kappa shape index (κ1) is 8.05. The molecule has 0 N–H and O–H groups in total. The second kappa shape index (κ2) is 3.37. The standard InChI is InChI=1S/C9H14N2/c1-4-11(3)9-7-8(2)5-6-10-9/h5-7H,4H2,1-3H3. The molecule has 0 saturated carbocycles. The predicted molar refractivity (Wildman–Crippen MR) is 47.9 cm³/mol. The van der Waals surface area contributed by atoms with Gasteiger partial charge in [-0.3, -0.25) is 0 Å². The Morgan fingerprint density at radius 3 is 2.82 bits per heavy atom. The highest BCUT2D eigenvalue weighted by atomic mass is 15.1. The summed E-state index contributed by atoms with van der Waals surface area (Å²) in [4.78, 5) is 6.35. The molecular formula is C9H14N2. The molecule has 0 fully saturated rings. The number of rotatable bonds is 2. The summed E-state index contributed by atoms with van der Waals surface area (Å²) in [6.07, 6.45) is 1.84. The summed E-state index contributed by atoms with van der Waals surface area (Å²) in [5.74, 6) is 1.05. The van der Waals surface area contributed by atoms with Crippen molar-refractivity contribution in [1.29, 1.82) is 0 Å². The highest BCUT2D eigenvalue weighted by Gasteiger charge is 1.97. The molecule has 1 aromatic rings. The molecule has 1 heterocycles. The van der Waals surface area contributed by atoms with Crippen LogP contribution < -0.4 is 4.90 Å². The highest BCUT2D eigenvalue weighted by Crippen LogP contribution is 2.08. The van der Waals surface area contributed by atoms with Gasteiger partial charge in [0.2, 0.25) is 0 Å². The Hall–Kier alpha value is -1.05. The van der Waals surface area contributed by atoms with Crippen LogP contribution in [0.5, 0.6) is 0 Å². The van der Waals surface area contributed by atoms with E-state index in [0.717, 1.165) is 12.4 Å². The summed E-state index contributed by atoms with van der Waals surface area (Å²) in [6, 6.07) is 4.09. The van der Waals surface area contributed by atoms with Crippen LogP contribution >= 0.6 is 0 Å². The number of aromatic nitrogens is 1. The van der Waals surface area contributed by atoms with Crippen molar-refractivity contribution in [1.82, 2.24) is 4.98 Å². The molecule has 0 aliphatic carbocycles. The van der Waals surface area contributed by atoms with E-state index in [1.165, 1.54) is 5.56 Å². The molecule has 2 nitrogen and oxygen atoms in total. The zero-order chi connectivity index (χ0) is 8.27. The van der Waals surface area contributed by atoms with E-state index in [-0.39, 0.29) is 0 Å². The van der Waals surface area contributed by atoms with Crippen LogP contribution in [0.1, 0.15) is 12.5 Å². The Kier molecular flexibility index (Phi) is 2.47. The fraction of sp³-hybridized carbons (Fsp3) is 0.444. The molecule has 0 aliphatic heterocycles. The number of anilines is 1. The second-order valence-corrected chi connectivity index (χ2v) is 2.71. The third-order valence-corrected chi connectivity index (χ3v) is 1.77. The van der Waals surface area contributed by atoms with Gasteiger partial charge in [-0.15, -0.1) is 0 Å². The normalized spacial score (nSPS) is 9.73. The maximum Gasteiger partial charge on any atom is 0.128 e. The van der Waals surface area contributed by atoms with Crippen molar-refractivity contribution in [2.24, 2.45) is 0 Å². The second-order valence-electron chi connectivity index (χ2n) is 2.71. The van der Waals surface area contributed by atoms with Crippen LogP contribution in [0, 0.1) is 6.92 Å². The van der Waals surface area contributed by atoms with E-state index in [1.807, 2.05) is 19.3 Å². The molecule has 2 heteroatoms. The van der Waals surface area contributed by atoms with Crippen LogP contribution in [-0.2, 0) is 0 Å². The molecule has 0 amide bonds. The first-order valence-corrected chi connectivity index (χ1v) is 3.88. The number of pyridine rings is 1. The zero-order valence-corrected chi connectivity index (χ0v) is 7.33. The quantitative estimate of drug-likeness (QED) is 0.639. The van der Waals surface area contributed by atoms with Crippen LogP contribution in [0.4, 0.5) is 5.82 Å².